The minimum absolute atomic E-state index is 0.0613. The number of benzene rings is 1. The molecule has 1 atom stereocenters. The number of aliphatic hydroxyl groups is 1. The van der Waals surface area contributed by atoms with Crippen molar-refractivity contribution < 1.29 is 19.4 Å². The molecule has 0 aliphatic carbocycles. The molecule has 1 aliphatic heterocycles. The zero-order chi connectivity index (χ0) is 17.0. The molecule has 1 aliphatic rings. The summed E-state index contributed by atoms with van der Waals surface area (Å²) in [6.45, 7) is 0.536. The molecule has 0 bridgehead atoms. The number of thiophene rings is 1. The predicted molar refractivity (Wildman–Crippen MR) is 91.1 cm³/mol. The first-order valence-corrected chi connectivity index (χ1v) is 8.78. The highest BCUT2D eigenvalue weighted by atomic mass is 32.1. The van der Waals surface area contributed by atoms with E-state index in [1.165, 1.54) is 11.3 Å². The van der Waals surface area contributed by atoms with Gasteiger partial charge >= 0.3 is 0 Å². The third kappa shape index (κ3) is 3.34. The molecular formula is C18H19NO4S. The van der Waals surface area contributed by atoms with Crippen LogP contribution < -0.4 is 10.1 Å². The largest absolute Gasteiger partial charge is 0.494 e. The molecule has 2 aromatic rings. The second-order valence-electron chi connectivity index (χ2n) is 5.81. The molecule has 24 heavy (non-hydrogen) atoms. The number of carbonyl (C=O) groups is 2. The average molecular weight is 345 g/mol. The maximum Gasteiger partial charge on any atom is 0.228 e. The van der Waals surface area contributed by atoms with Gasteiger partial charge in [-0.15, -0.1) is 0 Å². The van der Waals surface area contributed by atoms with Crippen molar-refractivity contribution in [1.82, 2.24) is 5.32 Å². The van der Waals surface area contributed by atoms with E-state index in [2.05, 4.69) is 5.32 Å². The number of piperidine rings is 1. The summed E-state index contributed by atoms with van der Waals surface area (Å²) in [7, 11) is 0. The Bertz CT molecular complexity index is 693. The number of ether oxygens (including phenoxy) is 1. The first-order chi connectivity index (χ1) is 11.6. The van der Waals surface area contributed by atoms with Crippen LogP contribution in [0.25, 0.3) is 0 Å². The lowest BCUT2D eigenvalue weighted by atomic mass is 9.77. The Morgan fingerprint density at radius 3 is 2.58 bits per heavy atom. The highest BCUT2D eigenvalue weighted by Crippen LogP contribution is 2.37. The van der Waals surface area contributed by atoms with Crippen LogP contribution in [0.15, 0.2) is 41.1 Å². The Kier molecular flexibility index (Phi) is 4.97. The van der Waals surface area contributed by atoms with E-state index in [9.17, 15) is 9.59 Å². The van der Waals surface area contributed by atoms with Gasteiger partial charge in [-0.25, -0.2) is 0 Å². The third-order valence-corrected chi connectivity index (χ3v) is 4.79. The van der Waals surface area contributed by atoms with Gasteiger partial charge in [-0.1, -0.05) is 12.1 Å². The number of amides is 1. The van der Waals surface area contributed by atoms with Gasteiger partial charge in [-0.3, -0.25) is 9.59 Å². The van der Waals surface area contributed by atoms with E-state index in [1.54, 1.807) is 0 Å². The molecule has 2 heterocycles. The van der Waals surface area contributed by atoms with Crippen LogP contribution in [0.3, 0.4) is 0 Å². The summed E-state index contributed by atoms with van der Waals surface area (Å²) in [5.41, 5.74) is 0.968. The zero-order valence-corrected chi connectivity index (χ0v) is 14.0. The van der Waals surface area contributed by atoms with Crippen molar-refractivity contribution in [2.75, 3.05) is 13.2 Å². The highest BCUT2D eigenvalue weighted by molar-refractivity contribution is 7.08. The van der Waals surface area contributed by atoms with Crippen LogP contribution in [0.1, 0.15) is 30.4 Å². The minimum Gasteiger partial charge on any atom is -0.494 e. The van der Waals surface area contributed by atoms with E-state index in [-0.39, 0.29) is 31.1 Å². The Morgan fingerprint density at radius 1 is 1.17 bits per heavy atom. The summed E-state index contributed by atoms with van der Waals surface area (Å²) in [4.78, 5) is 24.1. The van der Waals surface area contributed by atoms with Crippen molar-refractivity contribution in [3.8, 4) is 5.75 Å². The van der Waals surface area contributed by atoms with Gasteiger partial charge in [0.05, 0.1) is 18.6 Å². The summed E-state index contributed by atoms with van der Waals surface area (Å²) in [5, 5.41) is 15.7. The van der Waals surface area contributed by atoms with Gasteiger partial charge in [0.2, 0.25) is 5.91 Å². The third-order valence-electron chi connectivity index (χ3n) is 4.11. The van der Waals surface area contributed by atoms with Gasteiger partial charge in [0, 0.05) is 19.4 Å². The van der Waals surface area contributed by atoms with Gasteiger partial charge in [0.1, 0.15) is 11.5 Å². The Morgan fingerprint density at radius 2 is 1.96 bits per heavy atom. The first kappa shape index (κ1) is 16.7. The van der Waals surface area contributed by atoms with Crippen LogP contribution in [0.5, 0.6) is 5.75 Å². The van der Waals surface area contributed by atoms with Crippen molar-refractivity contribution in [2.45, 2.75) is 24.8 Å². The monoisotopic (exact) mass is 345 g/mol. The summed E-state index contributed by atoms with van der Waals surface area (Å²) < 4.78 is 5.54. The topological polar surface area (TPSA) is 75.6 Å². The van der Waals surface area contributed by atoms with E-state index >= 15 is 0 Å². The van der Waals surface area contributed by atoms with E-state index < -0.39 is 5.54 Å². The summed E-state index contributed by atoms with van der Waals surface area (Å²) in [6.07, 6.45) is 0.763. The van der Waals surface area contributed by atoms with Crippen LogP contribution in [0, 0.1) is 0 Å². The van der Waals surface area contributed by atoms with Gasteiger partial charge in [-0.05, 0) is 40.1 Å². The van der Waals surface area contributed by atoms with Gasteiger partial charge in [0.25, 0.3) is 0 Å². The molecule has 2 N–H and O–H groups in total. The summed E-state index contributed by atoms with van der Waals surface area (Å²) >= 11 is 1.53. The van der Waals surface area contributed by atoms with E-state index in [4.69, 9.17) is 9.84 Å². The van der Waals surface area contributed by atoms with Crippen LogP contribution in [-0.2, 0) is 15.1 Å². The van der Waals surface area contributed by atoms with E-state index in [1.807, 2.05) is 41.1 Å². The molecule has 126 valence electrons. The zero-order valence-electron chi connectivity index (χ0n) is 13.2. The molecule has 6 heteroatoms. The Hall–Kier alpha value is -2.18. The van der Waals surface area contributed by atoms with Crippen molar-refractivity contribution in [1.29, 1.82) is 0 Å². The van der Waals surface area contributed by atoms with Crippen LogP contribution in [0.2, 0.25) is 0 Å². The van der Waals surface area contributed by atoms with Crippen LogP contribution >= 0.6 is 11.3 Å². The van der Waals surface area contributed by atoms with Crippen molar-refractivity contribution >= 4 is 23.0 Å². The van der Waals surface area contributed by atoms with Crippen molar-refractivity contribution in [2.24, 2.45) is 0 Å². The van der Waals surface area contributed by atoms with E-state index in [0.717, 1.165) is 11.1 Å². The fourth-order valence-electron chi connectivity index (χ4n) is 2.98. The van der Waals surface area contributed by atoms with Crippen LogP contribution in [0.4, 0.5) is 0 Å². The molecule has 0 saturated carbocycles. The number of aliphatic hydroxyl groups excluding tert-OH is 1. The second-order valence-corrected chi connectivity index (χ2v) is 6.59. The minimum atomic E-state index is -0.809. The van der Waals surface area contributed by atoms with Gasteiger partial charge in [0.15, 0.2) is 0 Å². The highest BCUT2D eigenvalue weighted by Gasteiger charge is 2.42. The van der Waals surface area contributed by atoms with Crippen molar-refractivity contribution in [3.63, 3.8) is 0 Å². The lowest BCUT2D eigenvalue weighted by Gasteiger charge is -2.37. The Balaban J connectivity index is 1.92. The number of carbonyl (C=O) groups excluding carboxylic acids is 2. The molecular weight excluding hydrogens is 326 g/mol. The Labute approximate surface area is 144 Å². The quantitative estimate of drug-likeness (QED) is 0.622. The molecule has 3 rings (SSSR count). The number of hydrogen-bond donors (Lipinski definition) is 2. The number of rotatable bonds is 6. The molecule has 1 saturated heterocycles. The number of hydrogen-bond acceptors (Lipinski definition) is 5. The number of nitrogens with one attached hydrogen (secondary N) is 1. The predicted octanol–water partition coefficient (Wildman–Crippen LogP) is 2.23. The molecule has 5 nitrogen and oxygen atoms in total. The summed E-state index contributed by atoms with van der Waals surface area (Å²) in [5.74, 6) is 0.384. The fraction of sp³-hybridized carbons (Fsp3) is 0.333. The van der Waals surface area contributed by atoms with Crippen molar-refractivity contribution in [3.05, 3.63) is 52.2 Å². The normalized spacial score (nSPS) is 20.7. The lowest BCUT2D eigenvalue weighted by molar-refractivity contribution is -0.133. The smallest absolute Gasteiger partial charge is 0.228 e. The molecule has 1 amide bonds. The number of ketones is 1. The van der Waals surface area contributed by atoms with Crippen LogP contribution in [-0.4, -0.2) is 30.0 Å². The molecule has 1 fully saturated rings. The molecule has 0 radical (unpaired) electrons. The molecule has 1 unspecified atom stereocenters. The summed E-state index contributed by atoms with van der Waals surface area (Å²) in [6, 6.07) is 9.35. The maximum atomic E-state index is 12.1. The SMILES string of the molecule is O=C1CC(=O)NC(c2ccc(OCCCO)cc2)(c2ccsc2)C1. The standard InChI is InChI=1S/C18H19NO4S/c20-7-1-8-23-16-4-2-13(3-5-16)18(14-6-9-24-12-14)11-15(21)10-17(22)19-18/h2-6,9,12,20H,1,7-8,10-11H2,(H,19,22). The van der Waals surface area contributed by atoms with Gasteiger partial charge in [-0.2, -0.15) is 11.3 Å². The molecule has 1 aromatic carbocycles. The molecule has 1 aromatic heterocycles. The lowest BCUT2D eigenvalue weighted by Crippen LogP contribution is -2.52. The second kappa shape index (κ2) is 7.15. The van der Waals surface area contributed by atoms with Gasteiger partial charge < -0.3 is 15.2 Å². The molecule has 0 spiro atoms. The maximum absolute atomic E-state index is 12.1. The number of Topliss-reactive ketones (excluding diaryl/α,β-unsaturated/α-hetero) is 1. The first-order valence-electron chi connectivity index (χ1n) is 7.83. The van der Waals surface area contributed by atoms with E-state index in [0.29, 0.717) is 18.8 Å². The fourth-order valence-corrected chi connectivity index (χ4v) is 3.71. The average Bonchev–Trinajstić information content (AvgIpc) is 3.10.